The van der Waals surface area contributed by atoms with Gasteiger partial charge in [-0.15, -0.1) is 12.4 Å². The molecule has 1 unspecified atom stereocenters. The summed E-state index contributed by atoms with van der Waals surface area (Å²) >= 11 is 0. The number of nitrogens with two attached hydrogens (primary N) is 1. The zero-order chi connectivity index (χ0) is 13.8. The van der Waals surface area contributed by atoms with Crippen molar-refractivity contribution >= 4 is 12.4 Å². The standard InChI is InChI=1S/C14H19F3N2.ClH/c15-12-7-14(17)13(16)6-11(12)9-19-5-1-2-10(8-19)3-4-18;/h6-7,10H,1-5,8-9,18H2;1H. The zero-order valence-electron chi connectivity index (χ0n) is 11.2. The van der Waals surface area contributed by atoms with E-state index in [1.54, 1.807) is 0 Å². The van der Waals surface area contributed by atoms with E-state index in [0.717, 1.165) is 38.4 Å². The molecule has 1 aromatic rings. The first kappa shape index (κ1) is 17.3. The van der Waals surface area contributed by atoms with E-state index in [4.69, 9.17) is 5.73 Å². The third-order valence-corrected chi connectivity index (χ3v) is 3.66. The van der Waals surface area contributed by atoms with Crippen molar-refractivity contribution in [2.75, 3.05) is 19.6 Å². The highest BCUT2D eigenvalue weighted by Gasteiger charge is 2.21. The highest BCUT2D eigenvalue weighted by Crippen LogP contribution is 2.22. The van der Waals surface area contributed by atoms with Crippen LogP contribution < -0.4 is 5.73 Å². The molecule has 2 nitrogen and oxygen atoms in total. The van der Waals surface area contributed by atoms with Crippen LogP contribution in [0.25, 0.3) is 0 Å². The van der Waals surface area contributed by atoms with Gasteiger partial charge in [0.25, 0.3) is 0 Å². The highest BCUT2D eigenvalue weighted by molar-refractivity contribution is 5.85. The molecule has 1 atom stereocenters. The fourth-order valence-electron chi connectivity index (χ4n) is 2.69. The van der Waals surface area contributed by atoms with Crippen molar-refractivity contribution in [3.8, 4) is 0 Å². The molecule has 114 valence electrons. The van der Waals surface area contributed by atoms with Gasteiger partial charge in [0.1, 0.15) is 5.82 Å². The summed E-state index contributed by atoms with van der Waals surface area (Å²) in [7, 11) is 0. The summed E-state index contributed by atoms with van der Waals surface area (Å²) in [4.78, 5) is 2.08. The molecule has 0 bridgehead atoms. The molecule has 1 heterocycles. The highest BCUT2D eigenvalue weighted by atomic mass is 35.5. The van der Waals surface area contributed by atoms with Gasteiger partial charge in [-0.2, -0.15) is 0 Å². The third kappa shape index (κ3) is 4.36. The first-order valence-corrected chi connectivity index (χ1v) is 6.66. The molecule has 0 aromatic heterocycles. The maximum absolute atomic E-state index is 13.6. The van der Waals surface area contributed by atoms with Gasteiger partial charge in [0.2, 0.25) is 0 Å². The average Bonchev–Trinajstić information content (AvgIpc) is 2.37. The van der Waals surface area contributed by atoms with E-state index in [0.29, 0.717) is 25.1 Å². The molecule has 0 saturated carbocycles. The number of halogens is 4. The monoisotopic (exact) mass is 308 g/mol. The van der Waals surface area contributed by atoms with E-state index in [1.807, 2.05) is 0 Å². The van der Waals surface area contributed by atoms with E-state index < -0.39 is 17.5 Å². The van der Waals surface area contributed by atoms with Crippen molar-refractivity contribution < 1.29 is 13.2 Å². The number of rotatable bonds is 4. The van der Waals surface area contributed by atoms with Gasteiger partial charge in [-0.3, -0.25) is 4.90 Å². The van der Waals surface area contributed by atoms with Crippen LogP contribution in [0.3, 0.4) is 0 Å². The van der Waals surface area contributed by atoms with Crippen LogP contribution in [0.15, 0.2) is 12.1 Å². The molecule has 0 spiro atoms. The summed E-state index contributed by atoms with van der Waals surface area (Å²) in [5.74, 6) is -2.29. The first-order valence-electron chi connectivity index (χ1n) is 6.66. The van der Waals surface area contributed by atoms with E-state index in [9.17, 15) is 13.2 Å². The quantitative estimate of drug-likeness (QED) is 0.866. The van der Waals surface area contributed by atoms with E-state index in [-0.39, 0.29) is 18.0 Å². The lowest BCUT2D eigenvalue weighted by atomic mass is 9.94. The number of hydrogen-bond donors (Lipinski definition) is 1. The van der Waals surface area contributed by atoms with E-state index >= 15 is 0 Å². The van der Waals surface area contributed by atoms with Gasteiger partial charge in [-0.05, 0) is 44.3 Å². The van der Waals surface area contributed by atoms with Crippen molar-refractivity contribution in [3.05, 3.63) is 35.1 Å². The fraction of sp³-hybridized carbons (Fsp3) is 0.571. The van der Waals surface area contributed by atoms with Gasteiger partial charge in [0, 0.05) is 24.7 Å². The molecular weight excluding hydrogens is 289 g/mol. The van der Waals surface area contributed by atoms with Crippen molar-refractivity contribution in [3.63, 3.8) is 0 Å². The third-order valence-electron chi connectivity index (χ3n) is 3.66. The second kappa shape index (κ2) is 7.86. The Morgan fingerprint density at radius 3 is 2.55 bits per heavy atom. The minimum absolute atomic E-state index is 0. The minimum atomic E-state index is -1.14. The maximum atomic E-state index is 13.6. The van der Waals surface area contributed by atoms with Gasteiger partial charge in [0.15, 0.2) is 11.6 Å². The second-order valence-corrected chi connectivity index (χ2v) is 5.18. The normalized spacial score (nSPS) is 19.7. The number of likely N-dealkylation sites (tertiary alicyclic amines) is 1. The van der Waals surface area contributed by atoms with Gasteiger partial charge >= 0.3 is 0 Å². The van der Waals surface area contributed by atoms with E-state index in [2.05, 4.69) is 4.90 Å². The minimum Gasteiger partial charge on any atom is -0.330 e. The summed E-state index contributed by atoms with van der Waals surface area (Å²) in [6, 6.07) is 1.57. The van der Waals surface area contributed by atoms with Gasteiger partial charge in [0.05, 0.1) is 0 Å². The number of benzene rings is 1. The fourth-order valence-corrected chi connectivity index (χ4v) is 2.69. The Morgan fingerprint density at radius 1 is 1.15 bits per heavy atom. The molecule has 2 N–H and O–H groups in total. The maximum Gasteiger partial charge on any atom is 0.161 e. The smallest absolute Gasteiger partial charge is 0.161 e. The molecule has 2 rings (SSSR count). The van der Waals surface area contributed by atoms with Gasteiger partial charge in [-0.1, -0.05) is 0 Å². The van der Waals surface area contributed by atoms with E-state index in [1.165, 1.54) is 0 Å². The Labute approximate surface area is 123 Å². The molecule has 0 radical (unpaired) electrons. The van der Waals surface area contributed by atoms with Crippen LogP contribution in [-0.2, 0) is 6.54 Å². The lowest BCUT2D eigenvalue weighted by Crippen LogP contribution is -2.36. The number of nitrogens with zero attached hydrogens (tertiary/aromatic N) is 1. The summed E-state index contributed by atoms with van der Waals surface area (Å²) in [5.41, 5.74) is 5.76. The van der Waals surface area contributed by atoms with Crippen LogP contribution in [0.2, 0.25) is 0 Å². The van der Waals surface area contributed by atoms with Gasteiger partial charge in [-0.25, -0.2) is 13.2 Å². The lowest BCUT2D eigenvalue weighted by molar-refractivity contribution is 0.161. The van der Waals surface area contributed by atoms with Crippen LogP contribution in [0.5, 0.6) is 0 Å². The topological polar surface area (TPSA) is 29.3 Å². The molecule has 1 aliphatic rings. The SMILES string of the molecule is Cl.NCCC1CCCN(Cc2cc(F)c(F)cc2F)C1. The molecule has 1 aromatic carbocycles. The second-order valence-electron chi connectivity index (χ2n) is 5.18. The zero-order valence-corrected chi connectivity index (χ0v) is 12.1. The Morgan fingerprint density at radius 2 is 1.85 bits per heavy atom. The van der Waals surface area contributed by atoms with Crippen LogP contribution in [0.1, 0.15) is 24.8 Å². The van der Waals surface area contributed by atoms with Crippen LogP contribution in [0.4, 0.5) is 13.2 Å². The Bertz CT molecular complexity index is 441. The summed E-state index contributed by atoms with van der Waals surface area (Å²) in [6.07, 6.45) is 3.13. The van der Waals surface area contributed by atoms with Gasteiger partial charge < -0.3 is 5.73 Å². The molecule has 20 heavy (non-hydrogen) atoms. The summed E-state index contributed by atoms with van der Waals surface area (Å²) < 4.78 is 39.6. The van der Waals surface area contributed by atoms with Crippen LogP contribution in [0, 0.1) is 23.4 Å². The Hall–Kier alpha value is -0.780. The van der Waals surface area contributed by atoms with Crippen LogP contribution >= 0.6 is 12.4 Å². The number of piperidine rings is 1. The summed E-state index contributed by atoms with van der Waals surface area (Å²) in [5, 5.41) is 0. The Balaban J connectivity index is 0.00000200. The molecule has 1 saturated heterocycles. The molecule has 0 aliphatic carbocycles. The molecular formula is C14H20ClF3N2. The first-order chi connectivity index (χ1) is 9.10. The largest absolute Gasteiger partial charge is 0.330 e. The van der Waals surface area contributed by atoms with Crippen molar-refractivity contribution in [2.24, 2.45) is 11.7 Å². The van der Waals surface area contributed by atoms with Crippen molar-refractivity contribution in [2.45, 2.75) is 25.8 Å². The lowest BCUT2D eigenvalue weighted by Gasteiger charge is -2.32. The predicted molar refractivity (Wildman–Crippen MR) is 75.2 cm³/mol. The molecule has 1 aliphatic heterocycles. The van der Waals surface area contributed by atoms with Crippen molar-refractivity contribution in [1.29, 1.82) is 0 Å². The van der Waals surface area contributed by atoms with Crippen LogP contribution in [-0.4, -0.2) is 24.5 Å². The molecule has 1 fully saturated rings. The Kier molecular flexibility index (Phi) is 6.79. The predicted octanol–water partition coefficient (Wildman–Crippen LogP) is 3.09. The molecule has 6 heteroatoms. The van der Waals surface area contributed by atoms with Crippen molar-refractivity contribution in [1.82, 2.24) is 4.90 Å². The average molecular weight is 309 g/mol. The number of hydrogen-bond acceptors (Lipinski definition) is 2. The molecule has 0 amide bonds. The summed E-state index contributed by atoms with van der Waals surface area (Å²) in [6.45, 7) is 2.68.